The Labute approximate surface area is 215 Å². The quantitative estimate of drug-likeness (QED) is 0.227. The number of ether oxygens (including phenoxy) is 4. The lowest BCUT2D eigenvalue weighted by molar-refractivity contribution is 0.0725. The summed E-state index contributed by atoms with van der Waals surface area (Å²) in [5, 5.41) is 0. The molecule has 0 N–H and O–H groups in total. The molecule has 4 aromatic rings. The second kappa shape index (κ2) is 9.47. The zero-order valence-electron chi connectivity index (χ0n) is 21.0. The second-order valence-corrected chi connectivity index (χ2v) is 9.28. The van der Waals surface area contributed by atoms with Gasteiger partial charge in [-0.2, -0.15) is 0 Å². The molecule has 4 aromatic carbocycles. The SMILES string of the molecule is COc1ccc(C(=O)Oc2ccc3c(c2)C(C)(C)c2cc(OC(=O)c4ccc(OC)cc4)ccc2-3)cc1. The molecular formula is C31H26O6. The summed E-state index contributed by atoms with van der Waals surface area (Å²) in [6.07, 6.45) is 0. The van der Waals surface area contributed by atoms with Crippen LogP contribution in [-0.2, 0) is 5.41 Å². The predicted octanol–water partition coefficient (Wildman–Crippen LogP) is 6.45. The van der Waals surface area contributed by atoms with Gasteiger partial charge in [0, 0.05) is 5.41 Å². The minimum atomic E-state index is -0.441. The molecule has 0 fully saturated rings. The molecule has 6 heteroatoms. The highest BCUT2D eigenvalue weighted by Gasteiger charge is 2.36. The van der Waals surface area contributed by atoms with E-state index in [1.54, 1.807) is 74.9 Å². The maximum absolute atomic E-state index is 12.7. The van der Waals surface area contributed by atoms with Crippen molar-refractivity contribution in [1.82, 2.24) is 0 Å². The van der Waals surface area contributed by atoms with E-state index in [2.05, 4.69) is 13.8 Å². The molecule has 0 amide bonds. The van der Waals surface area contributed by atoms with E-state index in [1.165, 1.54) is 0 Å². The highest BCUT2D eigenvalue weighted by atomic mass is 16.5. The van der Waals surface area contributed by atoms with Crippen LogP contribution in [0.15, 0.2) is 84.9 Å². The van der Waals surface area contributed by atoms with Crippen LogP contribution in [0, 0.1) is 0 Å². The summed E-state index contributed by atoms with van der Waals surface area (Å²) in [5.41, 5.74) is 4.65. The summed E-state index contributed by atoms with van der Waals surface area (Å²) in [6, 6.07) is 24.9. The highest BCUT2D eigenvalue weighted by molar-refractivity contribution is 5.92. The van der Waals surface area contributed by atoms with Crippen molar-refractivity contribution >= 4 is 11.9 Å². The number of methoxy groups -OCH3 is 2. The zero-order valence-corrected chi connectivity index (χ0v) is 21.0. The predicted molar refractivity (Wildman–Crippen MR) is 140 cm³/mol. The fraction of sp³-hybridized carbons (Fsp3) is 0.161. The van der Waals surface area contributed by atoms with Gasteiger partial charge in [0.25, 0.3) is 0 Å². The molecule has 0 heterocycles. The number of hydrogen-bond donors (Lipinski definition) is 0. The lowest BCUT2D eigenvalue weighted by atomic mass is 9.82. The van der Waals surface area contributed by atoms with Gasteiger partial charge >= 0.3 is 11.9 Å². The van der Waals surface area contributed by atoms with Gasteiger partial charge < -0.3 is 18.9 Å². The maximum atomic E-state index is 12.7. The first-order valence-corrected chi connectivity index (χ1v) is 11.8. The Morgan fingerprint density at radius 2 is 0.892 bits per heavy atom. The molecule has 0 atom stereocenters. The Hall–Kier alpha value is -4.58. The molecule has 1 aliphatic rings. The number of hydrogen-bond acceptors (Lipinski definition) is 6. The van der Waals surface area contributed by atoms with Gasteiger partial charge in [-0.05, 0) is 95.1 Å². The first-order chi connectivity index (χ1) is 17.8. The van der Waals surface area contributed by atoms with Crippen molar-refractivity contribution in [1.29, 1.82) is 0 Å². The van der Waals surface area contributed by atoms with Crippen LogP contribution in [0.25, 0.3) is 11.1 Å². The van der Waals surface area contributed by atoms with Crippen molar-refractivity contribution in [3.63, 3.8) is 0 Å². The molecule has 0 spiro atoms. The van der Waals surface area contributed by atoms with Gasteiger partial charge in [-0.15, -0.1) is 0 Å². The van der Waals surface area contributed by atoms with E-state index < -0.39 is 17.4 Å². The number of esters is 2. The number of carbonyl (C=O) groups is 2. The molecule has 0 aliphatic heterocycles. The second-order valence-electron chi connectivity index (χ2n) is 9.28. The normalized spacial score (nSPS) is 12.8. The highest BCUT2D eigenvalue weighted by Crippen LogP contribution is 2.50. The molecular weight excluding hydrogens is 468 g/mol. The Morgan fingerprint density at radius 3 is 1.24 bits per heavy atom. The lowest BCUT2D eigenvalue weighted by Crippen LogP contribution is -2.16. The van der Waals surface area contributed by atoms with E-state index in [0.29, 0.717) is 34.1 Å². The summed E-state index contributed by atoms with van der Waals surface area (Å²) >= 11 is 0. The first kappa shape index (κ1) is 24.1. The molecule has 0 saturated carbocycles. The first-order valence-electron chi connectivity index (χ1n) is 11.8. The van der Waals surface area contributed by atoms with Crippen molar-refractivity contribution in [3.05, 3.63) is 107 Å². The van der Waals surface area contributed by atoms with E-state index >= 15 is 0 Å². The molecule has 5 rings (SSSR count). The number of benzene rings is 4. The standard InChI is InChI=1S/C31H26O6/c1-31(2)27-17-23(36-29(32)19-5-9-21(34-3)10-6-19)13-15-25(27)26-16-14-24(18-28(26)31)37-30(33)20-7-11-22(35-4)12-8-20/h5-18H,1-4H3. The average molecular weight is 495 g/mol. The van der Waals surface area contributed by atoms with Gasteiger partial charge in [0.1, 0.15) is 23.0 Å². The molecule has 6 nitrogen and oxygen atoms in total. The molecule has 0 saturated heterocycles. The molecule has 0 radical (unpaired) electrons. The Morgan fingerprint density at radius 1 is 0.541 bits per heavy atom. The average Bonchev–Trinajstić information content (AvgIpc) is 3.14. The topological polar surface area (TPSA) is 71.1 Å². The Bertz CT molecular complexity index is 1370. The van der Waals surface area contributed by atoms with Gasteiger partial charge in [-0.3, -0.25) is 0 Å². The lowest BCUT2D eigenvalue weighted by Gasteiger charge is -2.22. The minimum absolute atomic E-state index is 0.393. The number of fused-ring (bicyclic) bond motifs is 3. The van der Waals surface area contributed by atoms with Gasteiger partial charge in [-0.1, -0.05) is 26.0 Å². The summed E-state index contributed by atoms with van der Waals surface area (Å²) in [4.78, 5) is 25.4. The van der Waals surface area contributed by atoms with Crippen molar-refractivity contribution < 1.29 is 28.5 Å². The molecule has 0 aromatic heterocycles. The van der Waals surface area contributed by atoms with Crippen LogP contribution >= 0.6 is 0 Å². The number of carbonyl (C=O) groups excluding carboxylic acids is 2. The minimum Gasteiger partial charge on any atom is -0.497 e. The third kappa shape index (κ3) is 4.54. The third-order valence-electron chi connectivity index (χ3n) is 6.69. The van der Waals surface area contributed by atoms with E-state index in [4.69, 9.17) is 18.9 Å². The van der Waals surface area contributed by atoms with Crippen LogP contribution in [0.3, 0.4) is 0 Å². The summed E-state index contributed by atoms with van der Waals surface area (Å²) in [7, 11) is 3.15. The Kier molecular flexibility index (Phi) is 6.17. The van der Waals surface area contributed by atoms with Crippen LogP contribution in [0.1, 0.15) is 45.7 Å². The van der Waals surface area contributed by atoms with Gasteiger partial charge in [0.2, 0.25) is 0 Å². The van der Waals surface area contributed by atoms with Crippen LogP contribution < -0.4 is 18.9 Å². The maximum Gasteiger partial charge on any atom is 0.343 e. The molecule has 0 unspecified atom stereocenters. The van der Waals surface area contributed by atoms with E-state index in [9.17, 15) is 9.59 Å². The van der Waals surface area contributed by atoms with Crippen LogP contribution in [0.5, 0.6) is 23.0 Å². The van der Waals surface area contributed by atoms with Gasteiger partial charge in [0.15, 0.2) is 0 Å². The van der Waals surface area contributed by atoms with Crippen molar-refractivity contribution in [2.75, 3.05) is 14.2 Å². The zero-order chi connectivity index (χ0) is 26.2. The van der Waals surface area contributed by atoms with Gasteiger partial charge in [-0.25, -0.2) is 9.59 Å². The monoisotopic (exact) mass is 494 g/mol. The fourth-order valence-corrected chi connectivity index (χ4v) is 4.61. The van der Waals surface area contributed by atoms with E-state index in [1.807, 2.05) is 24.3 Å². The summed E-state index contributed by atoms with van der Waals surface area (Å²) in [6.45, 7) is 4.20. The van der Waals surface area contributed by atoms with Crippen molar-refractivity contribution in [2.45, 2.75) is 19.3 Å². The molecule has 37 heavy (non-hydrogen) atoms. The molecule has 0 bridgehead atoms. The van der Waals surface area contributed by atoms with Crippen molar-refractivity contribution in [2.24, 2.45) is 0 Å². The van der Waals surface area contributed by atoms with E-state index in [0.717, 1.165) is 22.3 Å². The summed E-state index contributed by atoms with van der Waals surface area (Å²) in [5.74, 6) is 1.39. The van der Waals surface area contributed by atoms with Crippen molar-refractivity contribution in [3.8, 4) is 34.1 Å². The Balaban J connectivity index is 1.37. The van der Waals surface area contributed by atoms with Crippen LogP contribution in [0.2, 0.25) is 0 Å². The smallest absolute Gasteiger partial charge is 0.343 e. The largest absolute Gasteiger partial charge is 0.497 e. The van der Waals surface area contributed by atoms with Gasteiger partial charge in [0.05, 0.1) is 25.3 Å². The third-order valence-corrected chi connectivity index (χ3v) is 6.69. The van der Waals surface area contributed by atoms with E-state index in [-0.39, 0.29) is 0 Å². The number of rotatable bonds is 6. The van der Waals surface area contributed by atoms with Crippen LogP contribution in [0.4, 0.5) is 0 Å². The molecule has 1 aliphatic carbocycles. The molecule has 186 valence electrons. The summed E-state index contributed by atoms with van der Waals surface area (Å²) < 4.78 is 21.6. The van der Waals surface area contributed by atoms with Crippen LogP contribution in [-0.4, -0.2) is 26.2 Å². The fourth-order valence-electron chi connectivity index (χ4n) is 4.61.